The van der Waals surface area contributed by atoms with E-state index >= 15 is 0 Å². The Labute approximate surface area is 109 Å². The summed E-state index contributed by atoms with van der Waals surface area (Å²) in [6.45, 7) is 0.743. The second-order valence-corrected chi connectivity index (χ2v) is 4.72. The third kappa shape index (κ3) is 3.83. The van der Waals surface area contributed by atoms with E-state index in [2.05, 4.69) is 15.9 Å². The Morgan fingerprint density at radius 3 is 2.81 bits per heavy atom. The number of amides is 1. The average Bonchev–Trinajstić information content (AvgIpc) is 2.69. The number of carbonyl (C=O) groups is 1. The van der Waals surface area contributed by atoms with Crippen molar-refractivity contribution in [3.05, 3.63) is 23.1 Å². The first kappa shape index (κ1) is 13.6. The zero-order chi connectivity index (χ0) is 12.0. The Morgan fingerprint density at radius 1 is 1.50 bits per heavy atom. The number of hydrogen-bond acceptors (Lipinski definition) is 2. The lowest BCUT2D eigenvalue weighted by molar-refractivity contribution is 0.0792. The van der Waals surface area contributed by atoms with Crippen LogP contribution in [-0.4, -0.2) is 29.7 Å². The molecule has 16 heavy (non-hydrogen) atoms. The SMILES string of the molecule is CN(CCCCCBr)C(=O)c1ccoc1Cl. The minimum Gasteiger partial charge on any atom is -0.452 e. The molecular formula is C11H15BrClNO2. The first-order valence-electron chi connectivity index (χ1n) is 5.21. The highest BCUT2D eigenvalue weighted by Crippen LogP contribution is 2.18. The van der Waals surface area contributed by atoms with E-state index in [0.29, 0.717) is 5.56 Å². The second kappa shape index (κ2) is 6.97. The Bertz CT molecular complexity index is 340. The van der Waals surface area contributed by atoms with Gasteiger partial charge in [0.15, 0.2) is 0 Å². The molecule has 1 aromatic rings. The molecule has 0 spiro atoms. The number of halogens is 2. The number of unbranched alkanes of at least 4 members (excludes halogenated alkanes) is 2. The van der Waals surface area contributed by atoms with Crippen molar-refractivity contribution in [3.63, 3.8) is 0 Å². The number of carbonyl (C=O) groups excluding carboxylic acids is 1. The minimum atomic E-state index is -0.0856. The standard InChI is InChI=1S/C11H15BrClNO2/c1-14(7-4-2-3-6-12)11(15)9-5-8-16-10(9)13/h5,8H,2-4,6-7H2,1H3. The van der Waals surface area contributed by atoms with E-state index in [-0.39, 0.29) is 11.1 Å². The molecule has 0 N–H and O–H groups in total. The van der Waals surface area contributed by atoms with E-state index in [1.807, 2.05) is 0 Å². The maximum Gasteiger partial charge on any atom is 0.258 e. The van der Waals surface area contributed by atoms with Gasteiger partial charge in [-0.3, -0.25) is 4.79 Å². The molecule has 1 aromatic heterocycles. The van der Waals surface area contributed by atoms with E-state index in [4.69, 9.17) is 16.0 Å². The van der Waals surface area contributed by atoms with E-state index in [0.717, 1.165) is 31.1 Å². The summed E-state index contributed by atoms with van der Waals surface area (Å²) in [6, 6.07) is 1.60. The summed E-state index contributed by atoms with van der Waals surface area (Å²) in [7, 11) is 1.78. The fraction of sp³-hybridized carbons (Fsp3) is 0.545. The van der Waals surface area contributed by atoms with Crippen molar-refractivity contribution < 1.29 is 9.21 Å². The predicted octanol–water partition coefficient (Wildman–Crippen LogP) is 3.57. The van der Waals surface area contributed by atoms with Gasteiger partial charge in [-0.05, 0) is 30.5 Å². The van der Waals surface area contributed by atoms with Gasteiger partial charge in [0.1, 0.15) is 0 Å². The highest BCUT2D eigenvalue weighted by Gasteiger charge is 2.16. The van der Waals surface area contributed by atoms with Crippen LogP contribution in [0.25, 0.3) is 0 Å². The summed E-state index contributed by atoms with van der Waals surface area (Å²) in [4.78, 5) is 13.5. The fourth-order valence-corrected chi connectivity index (χ4v) is 1.97. The van der Waals surface area contributed by atoms with Gasteiger partial charge in [-0.2, -0.15) is 0 Å². The Kier molecular flexibility index (Phi) is 5.91. The summed E-state index contributed by atoms with van der Waals surface area (Å²) in [6.07, 6.45) is 4.67. The Hall–Kier alpha value is -0.480. The molecule has 1 heterocycles. The maximum absolute atomic E-state index is 11.9. The van der Waals surface area contributed by atoms with Crippen LogP contribution in [0.1, 0.15) is 29.6 Å². The van der Waals surface area contributed by atoms with Crippen LogP contribution in [0.15, 0.2) is 16.7 Å². The van der Waals surface area contributed by atoms with Crippen molar-refractivity contribution in [2.45, 2.75) is 19.3 Å². The molecule has 0 aromatic carbocycles. The second-order valence-electron chi connectivity index (χ2n) is 3.58. The lowest BCUT2D eigenvalue weighted by Crippen LogP contribution is -2.27. The summed E-state index contributed by atoms with van der Waals surface area (Å²) in [5.74, 6) is -0.0856. The first-order chi connectivity index (χ1) is 7.66. The number of hydrogen-bond donors (Lipinski definition) is 0. The zero-order valence-electron chi connectivity index (χ0n) is 9.21. The van der Waals surface area contributed by atoms with Crippen LogP contribution in [0.5, 0.6) is 0 Å². The van der Waals surface area contributed by atoms with Gasteiger partial charge in [0.25, 0.3) is 5.91 Å². The van der Waals surface area contributed by atoms with Crippen LogP contribution < -0.4 is 0 Å². The lowest BCUT2D eigenvalue weighted by atomic mass is 10.2. The van der Waals surface area contributed by atoms with Crippen LogP contribution in [0.4, 0.5) is 0 Å². The van der Waals surface area contributed by atoms with E-state index < -0.39 is 0 Å². The molecule has 0 saturated carbocycles. The molecule has 0 aliphatic carbocycles. The quantitative estimate of drug-likeness (QED) is 0.594. The molecular weight excluding hydrogens is 293 g/mol. The van der Waals surface area contributed by atoms with Gasteiger partial charge in [0, 0.05) is 18.9 Å². The zero-order valence-corrected chi connectivity index (χ0v) is 11.6. The first-order valence-corrected chi connectivity index (χ1v) is 6.71. The molecule has 3 nitrogen and oxygen atoms in total. The predicted molar refractivity (Wildman–Crippen MR) is 68.3 cm³/mol. The Morgan fingerprint density at radius 2 is 2.25 bits per heavy atom. The van der Waals surface area contributed by atoms with Crippen LogP contribution in [0.3, 0.4) is 0 Å². The highest BCUT2D eigenvalue weighted by molar-refractivity contribution is 9.09. The van der Waals surface area contributed by atoms with Gasteiger partial charge in [0.05, 0.1) is 11.8 Å². The van der Waals surface area contributed by atoms with Crippen molar-refractivity contribution in [2.24, 2.45) is 0 Å². The number of alkyl halides is 1. The van der Waals surface area contributed by atoms with Crippen LogP contribution in [0, 0.1) is 0 Å². The summed E-state index contributed by atoms with van der Waals surface area (Å²) >= 11 is 9.12. The molecule has 0 aliphatic heterocycles. The van der Waals surface area contributed by atoms with Crippen molar-refractivity contribution >= 4 is 33.4 Å². The normalized spacial score (nSPS) is 10.4. The molecule has 90 valence electrons. The van der Waals surface area contributed by atoms with Gasteiger partial charge in [-0.15, -0.1) is 0 Å². The smallest absolute Gasteiger partial charge is 0.258 e. The number of furan rings is 1. The average molecular weight is 309 g/mol. The van der Waals surface area contributed by atoms with E-state index in [1.54, 1.807) is 18.0 Å². The molecule has 0 atom stereocenters. The maximum atomic E-state index is 11.9. The molecule has 0 unspecified atom stereocenters. The van der Waals surface area contributed by atoms with Gasteiger partial charge in [-0.1, -0.05) is 22.4 Å². The molecule has 1 amide bonds. The third-order valence-electron chi connectivity index (χ3n) is 2.32. The third-order valence-corrected chi connectivity index (χ3v) is 3.18. The molecule has 0 aliphatic rings. The van der Waals surface area contributed by atoms with Crippen LogP contribution >= 0.6 is 27.5 Å². The fourth-order valence-electron chi connectivity index (χ4n) is 1.37. The van der Waals surface area contributed by atoms with Crippen LogP contribution in [0.2, 0.25) is 5.22 Å². The van der Waals surface area contributed by atoms with E-state index in [1.165, 1.54) is 6.26 Å². The number of nitrogens with zero attached hydrogens (tertiary/aromatic N) is 1. The minimum absolute atomic E-state index is 0.0856. The summed E-state index contributed by atoms with van der Waals surface area (Å²) in [5.41, 5.74) is 0.435. The molecule has 0 bridgehead atoms. The topological polar surface area (TPSA) is 33.5 Å². The Balaban J connectivity index is 2.40. The molecule has 1 rings (SSSR count). The molecule has 0 fully saturated rings. The van der Waals surface area contributed by atoms with Gasteiger partial charge >= 0.3 is 0 Å². The highest BCUT2D eigenvalue weighted by atomic mass is 79.9. The summed E-state index contributed by atoms with van der Waals surface area (Å²) in [5, 5.41) is 1.18. The van der Waals surface area contributed by atoms with E-state index in [9.17, 15) is 4.79 Å². The van der Waals surface area contributed by atoms with Crippen molar-refractivity contribution in [3.8, 4) is 0 Å². The summed E-state index contributed by atoms with van der Waals surface area (Å²) < 4.78 is 4.89. The van der Waals surface area contributed by atoms with Crippen LogP contribution in [-0.2, 0) is 0 Å². The molecule has 0 saturated heterocycles. The molecule has 5 heteroatoms. The van der Waals surface area contributed by atoms with Crippen molar-refractivity contribution in [1.29, 1.82) is 0 Å². The largest absolute Gasteiger partial charge is 0.452 e. The van der Waals surface area contributed by atoms with Gasteiger partial charge < -0.3 is 9.32 Å². The monoisotopic (exact) mass is 307 g/mol. The molecule has 0 radical (unpaired) electrons. The van der Waals surface area contributed by atoms with Crippen molar-refractivity contribution in [1.82, 2.24) is 4.90 Å². The lowest BCUT2D eigenvalue weighted by Gasteiger charge is -2.16. The van der Waals surface area contributed by atoms with Gasteiger partial charge in [0.2, 0.25) is 5.22 Å². The van der Waals surface area contributed by atoms with Gasteiger partial charge in [-0.25, -0.2) is 0 Å². The number of rotatable bonds is 6. The van der Waals surface area contributed by atoms with Crippen molar-refractivity contribution in [2.75, 3.05) is 18.9 Å².